The number of fused-ring (bicyclic) bond motifs is 1. The first kappa shape index (κ1) is 20.3. The Kier molecular flexibility index (Phi) is 5.33. The number of thiophene rings is 1. The summed E-state index contributed by atoms with van der Waals surface area (Å²) in [5.74, 6) is 0.878. The summed E-state index contributed by atoms with van der Waals surface area (Å²) >= 11 is 8.89. The van der Waals surface area contributed by atoms with Crippen LogP contribution in [0.3, 0.4) is 0 Å². The lowest BCUT2D eigenvalue weighted by Crippen LogP contribution is -2.15. The van der Waals surface area contributed by atoms with E-state index in [1.54, 1.807) is 12.3 Å². The van der Waals surface area contributed by atoms with Crippen molar-refractivity contribution in [3.05, 3.63) is 47.1 Å². The fraction of sp³-hybridized carbons (Fsp3) is 0.238. The number of amides is 1. The highest BCUT2D eigenvalue weighted by atomic mass is 35.5. The number of carbonyl (C=O) groups is 1. The molecule has 3 aromatic heterocycles. The second-order valence-corrected chi connectivity index (χ2v) is 9.78. The quantitative estimate of drug-likeness (QED) is 0.377. The van der Waals surface area contributed by atoms with Gasteiger partial charge in [0, 0.05) is 28.3 Å². The third-order valence-corrected chi connectivity index (χ3v) is 7.38. The van der Waals surface area contributed by atoms with E-state index in [0.29, 0.717) is 16.8 Å². The number of anilines is 2. The standard InChI is InChI=1S/C21H19ClN6OS2/c1-11-9-12(22)4-7-15(11)25-16(29)10-30-21-27-26-19(28(21)13-5-6-13)18-17(23)14-3-2-8-24-20(14)31-18/h2-4,7-9,13H,5-6,10,23H2,1H3,(H,25,29). The van der Waals surface area contributed by atoms with Crippen LogP contribution in [0.4, 0.5) is 11.4 Å². The van der Waals surface area contributed by atoms with Gasteiger partial charge in [0.1, 0.15) is 4.83 Å². The topological polar surface area (TPSA) is 98.7 Å². The number of hydrogen-bond acceptors (Lipinski definition) is 7. The van der Waals surface area contributed by atoms with Gasteiger partial charge in [-0.05, 0) is 55.7 Å². The maximum Gasteiger partial charge on any atom is 0.234 e. The number of carbonyl (C=O) groups excluding carboxylic acids is 1. The predicted molar refractivity (Wildman–Crippen MR) is 127 cm³/mol. The molecular formula is C21H19ClN6OS2. The normalized spacial score (nSPS) is 13.6. The monoisotopic (exact) mass is 470 g/mol. The van der Waals surface area contributed by atoms with Gasteiger partial charge in [0.05, 0.1) is 16.3 Å². The minimum absolute atomic E-state index is 0.104. The van der Waals surface area contributed by atoms with Gasteiger partial charge in [0.25, 0.3) is 0 Å². The molecule has 0 unspecified atom stereocenters. The van der Waals surface area contributed by atoms with Gasteiger partial charge in [-0.1, -0.05) is 23.4 Å². The zero-order valence-corrected chi connectivity index (χ0v) is 19.0. The van der Waals surface area contributed by atoms with Crippen molar-refractivity contribution in [1.29, 1.82) is 0 Å². The van der Waals surface area contributed by atoms with Crippen molar-refractivity contribution in [3.63, 3.8) is 0 Å². The molecule has 31 heavy (non-hydrogen) atoms. The van der Waals surface area contributed by atoms with E-state index in [4.69, 9.17) is 17.3 Å². The summed E-state index contributed by atoms with van der Waals surface area (Å²) in [7, 11) is 0. The molecule has 1 saturated carbocycles. The van der Waals surface area contributed by atoms with Crippen LogP contribution in [0.5, 0.6) is 0 Å². The summed E-state index contributed by atoms with van der Waals surface area (Å²) in [6, 6.07) is 9.58. The van der Waals surface area contributed by atoms with Gasteiger partial charge in [-0.2, -0.15) is 0 Å². The third-order valence-electron chi connectivity index (χ3n) is 5.08. The molecule has 1 fully saturated rings. The number of halogens is 1. The van der Waals surface area contributed by atoms with Gasteiger partial charge >= 0.3 is 0 Å². The minimum Gasteiger partial charge on any atom is -0.397 e. The van der Waals surface area contributed by atoms with Crippen LogP contribution in [0.15, 0.2) is 41.7 Å². The van der Waals surface area contributed by atoms with Gasteiger partial charge in [-0.25, -0.2) is 4.98 Å². The van der Waals surface area contributed by atoms with Crippen LogP contribution in [0.2, 0.25) is 5.02 Å². The maximum atomic E-state index is 12.5. The molecule has 7 nitrogen and oxygen atoms in total. The molecule has 1 aliphatic rings. The average molecular weight is 471 g/mol. The van der Waals surface area contributed by atoms with Crippen LogP contribution in [-0.2, 0) is 4.79 Å². The molecule has 0 atom stereocenters. The zero-order valence-electron chi connectivity index (χ0n) is 16.6. The number of pyridine rings is 1. The molecule has 1 aliphatic carbocycles. The molecule has 4 aromatic rings. The number of thioether (sulfide) groups is 1. The van der Waals surface area contributed by atoms with E-state index in [-0.39, 0.29) is 11.7 Å². The number of benzene rings is 1. The van der Waals surface area contributed by atoms with Gasteiger partial charge in [-0.3, -0.25) is 9.36 Å². The fourth-order valence-corrected chi connectivity index (χ4v) is 5.47. The van der Waals surface area contributed by atoms with Gasteiger partial charge in [0.2, 0.25) is 5.91 Å². The van der Waals surface area contributed by atoms with Crippen LogP contribution >= 0.6 is 34.7 Å². The largest absolute Gasteiger partial charge is 0.397 e. The number of hydrogen-bond donors (Lipinski definition) is 2. The Morgan fingerprint density at radius 1 is 1.35 bits per heavy atom. The first-order valence-corrected chi connectivity index (χ1v) is 12.0. The van der Waals surface area contributed by atoms with Crippen molar-refractivity contribution in [2.75, 3.05) is 16.8 Å². The molecular weight excluding hydrogens is 452 g/mol. The van der Waals surface area contributed by atoms with Gasteiger partial charge in [0.15, 0.2) is 11.0 Å². The zero-order chi connectivity index (χ0) is 21.5. The number of nitrogens with zero attached hydrogens (tertiary/aromatic N) is 4. The molecule has 0 aliphatic heterocycles. The van der Waals surface area contributed by atoms with Crippen molar-refractivity contribution in [3.8, 4) is 10.7 Å². The molecule has 3 N–H and O–H groups in total. The van der Waals surface area contributed by atoms with E-state index in [1.165, 1.54) is 23.1 Å². The molecule has 0 saturated heterocycles. The maximum absolute atomic E-state index is 12.5. The summed E-state index contributed by atoms with van der Waals surface area (Å²) in [6.45, 7) is 1.91. The van der Waals surface area contributed by atoms with Crippen molar-refractivity contribution in [1.82, 2.24) is 19.7 Å². The van der Waals surface area contributed by atoms with E-state index in [0.717, 1.165) is 50.2 Å². The number of aromatic nitrogens is 4. The van der Waals surface area contributed by atoms with Crippen LogP contribution in [0, 0.1) is 6.92 Å². The van der Waals surface area contributed by atoms with Crippen molar-refractivity contribution in [2.45, 2.75) is 31.0 Å². The molecule has 5 rings (SSSR count). The van der Waals surface area contributed by atoms with Crippen LogP contribution in [-0.4, -0.2) is 31.4 Å². The minimum atomic E-state index is -0.104. The van der Waals surface area contributed by atoms with E-state index in [9.17, 15) is 4.79 Å². The number of nitrogens with two attached hydrogens (primary N) is 1. The molecule has 3 heterocycles. The Labute approximate surface area is 192 Å². The Bertz CT molecular complexity index is 1300. The summed E-state index contributed by atoms with van der Waals surface area (Å²) in [5.41, 5.74) is 8.76. The highest BCUT2D eigenvalue weighted by Crippen LogP contribution is 2.45. The van der Waals surface area contributed by atoms with Crippen LogP contribution in [0.25, 0.3) is 20.9 Å². The van der Waals surface area contributed by atoms with E-state index in [1.807, 2.05) is 31.2 Å². The first-order chi connectivity index (χ1) is 15.0. The third kappa shape index (κ3) is 4.00. The Morgan fingerprint density at radius 3 is 2.94 bits per heavy atom. The number of aryl methyl sites for hydroxylation is 1. The lowest BCUT2D eigenvalue weighted by molar-refractivity contribution is -0.113. The summed E-state index contributed by atoms with van der Waals surface area (Å²) in [5, 5.41) is 14.1. The van der Waals surface area contributed by atoms with Crippen molar-refractivity contribution >= 4 is 62.2 Å². The van der Waals surface area contributed by atoms with Crippen LogP contribution < -0.4 is 11.1 Å². The van der Waals surface area contributed by atoms with Gasteiger partial charge < -0.3 is 11.1 Å². The number of nitrogen functional groups attached to an aromatic ring is 1. The lowest BCUT2D eigenvalue weighted by Gasteiger charge is -2.10. The highest BCUT2D eigenvalue weighted by Gasteiger charge is 2.32. The highest BCUT2D eigenvalue weighted by molar-refractivity contribution is 7.99. The van der Waals surface area contributed by atoms with Gasteiger partial charge in [-0.15, -0.1) is 21.5 Å². The van der Waals surface area contributed by atoms with Crippen LogP contribution in [0.1, 0.15) is 24.4 Å². The molecule has 10 heteroatoms. The second kappa shape index (κ2) is 8.14. The predicted octanol–water partition coefficient (Wildman–Crippen LogP) is 5.16. The van der Waals surface area contributed by atoms with Crippen molar-refractivity contribution in [2.24, 2.45) is 0 Å². The molecule has 0 radical (unpaired) electrons. The molecule has 0 spiro atoms. The van der Waals surface area contributed by atoms with Crippen molar-refractivity contribution < 1.29 is 4.79 Å². The SMILES string of the molecule is Cc1cc(Cl)ccc1NC(=O)CSc1nnc(-c2sc3ncccc3c2N)n1C1CC1. The second-order valence-electron chi connectivity index (χ2n) is 7.40. The number of nitrogens with one attached hydrogen (secondary N) is 1. The summed E-state index contributed by atoms with van der Waals surface area (Å²) < 4.78 is 2.12. The van der Waals surface area contributed by atoms with E-state index < -0.39 is 0 Å². The van der Waals surface area contributed by atoms with E-state index >= 15 is 0 Å². The Hall–Kier alpha value is -2.62. The Morgan fingerprint density at radius 2 is 2.19 bits per heavy atom. The summed E-state index contributed by atoms with van der Waals surface area (Å²) in [4.78, 5) is 18.7. The smallest absolute Gasteiger partial charge is 0.234 e. The first-order valence-electron chi connectivity index (χ1n) is 9.78. The average Bonchev–Trinajstić information content (AvgIpc) is 3.42. The molecule has 158 valence electrons. The summed E-state index contributed by atoms with van der Waals surface area (Å²) in [6.07, 6.45) is 3.89. The molecule has 1 amide bonds. The molecule has 0 bridgehead atoms. The fourth-order valence-electron chi connectivity index (χ4n) is 3.39. The lowest BCUT2D eigenvalue weighted by atomic mass is 10.2. The molecule has 1 aromatic carbocycles. The number of rotatable bonds is 6. The van der Waals surface area contributed by atoms with E-state index in [2.05, 4.69) is 25.1 Å². The Balaban J connectivity index is 1.37.